The Labute approximate surface area is 172 Å². The summed E-state index contributed by atoms with van der Waals surface area (Å²) in [6, 6.07) is 15.8. The highest BCUT2D eigenvalue weighted by Crippen LogP contribution is 2.34. The lowest BCUT2D eigenvalue weighted by Gasteiger charge is -2.11. The standard InChI is InChI=1S/C24H29NO4/c1-2-23(21-12-10-20(11-13-21)19-7-3-4-8-19)25-29-15-14-28-22-9-5-6-18(16-22)17-24(26)27/h5-6,9-13,16,19H,2-4,7-8,14-15,17H2,1H3,(H,26,27). The van der Waals surface area contributed by atoms with E-state index in [9.17, 15) is 4.79 Å². The zero-order valence-corrected chi connectivity index (χ0v) is 17.0. The van der Waals surface area contributed by atoms with E-state index in [0.29, 0.717) is 30.4 Å². The van der Waals surface area contributed by atoms with E-state index in [1.807, 2.05) is 0 Å². The molecule has 0 atom stereocenters. The van der Waals surface area contributed by atoms with Gasteiger partial charge in [0.05, 0.1) is 12.1 Å². The van der Waals surface area contributed by atoms with Gasteiger partial charge in [-0.2, -0.15) is 0 Å². The molecule has 0 aliphatic heterocycles. The number of rotatable bonds is 10. The molecule has 29 heavy (non-hydrogen) atoms. The number of hydrogen-bond acceptors (Lipinski definition) is 4. The molecule has 0 bridgehead atoms. The number of aliphatic carboxylic acids is 1. The lowest BCUT2D eigenvalue weighted by atomic mass is 9.95. The second-order valence-corrected chi connectivity index (χ2v) is 7.39. The molecule has 2 aromatic rings. The minimum Gasteiger partial charge on any atom is -0.490 e. The molecule has 154 valence electrons. The zero-order chi connectivity index (χ0) is 20.5. The predicted molar refractivity (Wildman–Crippen MR) is 114 cm³/mol. The van der Waals surface area contributed by atoms with E-state index in [1.54, 1.807) is 24.3 Å². The number of ether oxygens (including phenoxy) is 1. The monoisotopic (exact) mass is 395 g/mol. The first-order chi connectivity index (χ1) is 14.2. The zero-order valence-electron chi connectivity index (χ0n) is 17.0. The van der Waals surface area contributed by atoms with Gasteiger partial charge in [0.2, 0.25) is 0 Å². The van der Waals surface area contributed by atoms with Crippen LogP contribution in [0.1, 0.15) is 61.6 Å². The van der Waals surface area contributed by atoms with Gasteiger partial charge in [-0.1, -0.05) is 61.3 Å². The largest absolute Gasteiger partial charge is 0.490 e. The van der Waals surface area contributed by atoms with Crippen molar-refractivity contribution in [3.63, 3.8) is 0 Å². The molecule has 0 spiro atoms. The third kappa shape index (κ3) is 6.34. The summed E-state index contributed by atoms with van der Waals surface area (Å²) >= 11 is 0. The molecule has 1 aliphatic rings. The summed E-state index contributed by atoms with van der Waals surface area (Å²) in [5, 5.41) is 13.2. The topological polar surface area (TPSA) is 68.1 Å². The first kappa shape index (κ1) is 20.9. The summed E-state index contributed by atoms with van der Waals surface area (Å²) in [6.45, 7) is 2.74. The lowest BCUT2D eigenvalue weighted by molar-refractivity contribution is -0.136. The molecule has 1 aliphatic carbocycles. The summed E-state index contributed by atoms with van der Waals surface area (Å²) < 4.78 is 5.63. The van der Waals surface area contributed by atoms with Crippen LogP contribution in [-0.4, -0.2) is 30.0 Å². The Hall–Kier alpha value is -2.82. The van der Waals surface area contributed by atoms with Gasteiger partial charge in [0.15, 0.2) is 6.61 Å². The third-order valence-corrected chi connectivity index (χ3v) is 5.28. The molecular weight excluding hydrogens is 366 g/mol. The SMILES string of the molecule is CCC(=NOCCOc1cccc(CC(=O)O)c1)c1ccc(C2CCCC2)cc1. The molecule has 5 nitrogen and oxygen atoms in total. The van der Waals surface area contributed by atoms with E-state index >= 15 is 0 Å². The maximum absolute atomic E-state index is 10.8. The van der Waals surface area contributed by atoms with Gasteiger partial charge in [0, 0.05) is 0 Å². The fraction of sp³-hybridized carbons (Fsp3) is 0.417. The summed E-state index contributed by atoms with van der Waals surface area (Å²) in [5.74, 6) is 0.492. The molecule has 2 aromatic carbocycles. The maximum atomic E-state index is 10.8. The molecule has 0 saturated heterocycles. The van der Waals surface area contributed by atoms with Crippen molar-refractivity contribution in [2.45, 2.75) is 51.4 Å². The Balaban J connectivity index is 1.47. The smallest absolute Gasteiger partial charge is 0.307 e. The van der Waals surface area contributed by atoms with Crippen molar-refractivity contribution in [3.05, 3.63) is 65.2 Å². The Morgan fingerprint density at radius 3 is 2.55 bits per heavy atom. The molecule has 1 fully saturated rings. The molecule has 0 amide bonds. The third-order valence-electron chi connectivity index (χ3n) is 5.28. The van der Waals surface area contributed by atoms with Crippen LogP contribution in [0, 0.1) is 0 Å². The van der Waals surface area contributed by atoms with Gasteiger partial charge in [-0.15, -0.1) is 0 Å². The highest BCUT2D eigenvalue weighted by Gasteiger charge is 2.16. The highest BCUT2D eigenvalue weighted by molar-refractivity contribution is 6.00. The fourth-order valence-electron chi connectivity index (χ4n) is 3.77. The van der Waals surface area contributed by atoms with E-state index in [4.69, 9.17) is 14.7 Å². The van der Waals surface area contributed by atoms with Crippen molar-refractivity contribution in [1.82, 2.24) is 0 Å². The number of carboxylic acids is 1. The lowest BCUT2D eigenvalue weighted by Crippen LogP contribution is -2.07. The average Bonchev–Trinajstić information content (AvgIpc) is 3.26. The van der Waals surface area contributed by atoms with Crippen LogP contribution in [0.5, 0.6) is 5.75 Å². The summed E-state index contributed by atoms with van der Waals surface area (Å²) in [5.41, 5.74) is 4.16. The normalized spacial score (nSPS) is 14.7. The van der Waals surface area contributed by atoms with E-state index in [2.05, 4.69) is 36.3 Å². The van der Waals surface area contributed by atoms with Crippen molar-refractivity contribution < 1.29 is 19.5 Å². The predicted octanol–water partition coefficient (Wildman–Crippen LogP) is 5.18. The summed E-state index contributed by atoms with van der Waals surface area (Å²) in [6.07, 6.45) is 6.06. The first-order valence-electron chi connectivity index (χ1n) is 10.4. The number of oxime groups is 1. The van der Waals surface area contributed by atoms with Gasteiger partial charge in [0.1, 0.15) is 12.4 Å². The molecule has 1 N–H and O–H groups in total. The minimum atomic E-state index is -0.858. The summed E-state index contributed by atoms with van der Waals surface area (Å²) in [4.78, 5) is 16.3. The van der Waals surface area contributed by atoms with Gasteiger partial charge < -0.3 is 14.7 Å². The van der Waals surface area contributed by atoms with Gasteiger partial charge in [0.25, 0.3) is 0 Å². The number of nitrogens with zero attached hydrogens (tertiary/aromatic N) is 1. The quantitative estimate of drug-likeness (QED) is 0.342. The second kappa shape index (κ2) is 10.6. The molecular formula is C24H29NO4. The van der Waals surface area contributed by atoms with Gasteiger partial charge in [-0.25, -0.2) is 0 Å². The molecule has 5 heteroatoms. The van der Waals surface area contributed by atoms with E-state index in [-0.39, 0.29) is 6.42 Å². The number of carboxylic acid groups (broad SMARTS) is 1. The first-order valence-corrected chi connectivity index (χ1v) is 10.4. The Morgan fingerprint density at radius 1 is 1.10 bits per heavy atom. The summed E-state index contributed by atoms with van der Waals surface area (Å²) in [7, 11) is 0. The molecule has 0 radical (unpaired) electrons. The molecule has 0 heterocycles. The Bertz CT molecular complexity index is 823. The van der Waals surface area contributed by atoms with Crippen LogP contribution in [0.3, 0.4) is 0 Å². The van der Waals surface area contributed by atoms with Gasteiger partial charge in [-0.3, -0.25) is 4.79 Å². The molecule has 3 rings (SSSR count). The van der Waals surface area contributed by atoms with Crippen molar-refractivity contribution in [2.24, 2.45) is 5.16 Å². The van der Waals surface area contributed by atoms with Crippen LogP contribution >= 0.6 is 0 Å². The fourth-order valence-corrected chi connectivity index (χ4v) is 3.77. The van der Waals surface area contributed by atoms with E-state index in [0.717, 1.165) is 17.7 Å². The van der Waals surface area contributed by atoms with Gasteiger partial charge in [-0.05, 0) is 54.0 Å². The molecule has 1 saturated carbocycles. The molecule has 0 aromatic heterocycles. The van der Waals surface area contributed by atoms with Crippen LogP contribution < -0.4 is 4.74 Å². The number of hydrogen-bond donors (Lipinski definition) is 1. The maximum Gasteiger partial charge on any atom is 0.307 e. The molecule has 0 unspecified atom stereocenters. The van der Waals surface area contributed by atoms with Crippen LogP contribution in [-0.2, 0) is 16.1 Å². The minimum absolute atomic E-state index is 0.0165. The number of carbonyl (C=O) groups is 1. The Kier molecular flexibility index (Phi) is 7.68. The van der Waals surface area contributed by atoms with Crippen LogP contribution in [0.2, 0.25) is 0 Å². The number of benzene rings is 2. The van der Waals surface area contributed by atoms with Crippen LogP contribution in [0.15, 0.2) is 53.7 Å². The highest BCUT2D eigenvalue weighted by atomic mass is 16.6. The Morgan fingerprint density at radius 2 is 1.86 bits per heavy atom. The van der Waals surface area contributed by atoms with Crippen molar-refractivity contribution in [1.29, 1.82) is 0 Å². The van der Waals surface area contributed by atoms with E-state index in [1.165, 1.54) is 31.2 Å². The van der Waals surface area contributed by atoms with Crippen molar-refractivity contribution >= 4 is 11.7 Å². The van der Waals surface area contributed by atoms with Crippen LogP contribution in [0.25, 0.3) is 0 Å². The second-order valence-electron chi connectivity index (χ2n) is 7.39. The van der Waals surface area contributed by atoms with Gasteiger partial charge >= 0.3 is 5.97 Å². The van der Waals surface area contributed by atoms with Crippen molar-refractivity contribution in [2.75, 3.05) is 13.2 Å². The van der Waals surface area contributed by atoms with Crippen LogP contribution in [0.4, 0.5) is 0 Å². The average molecular weight is 395 g/mol. The van der Waals surface area contributed by atoms with E-state index < -0.39 is 5.97 Å². The van der Waals surface area contributed by atoms with Crippen molar-refractivity contribution in [3.8, 4) is 5.75 Å².